The van der Waals surface area contributed by atoms with E-state index in [9.17, 15) is 9.59 Å². The Morgan fingerprint density at radius 3 is 2.46 bits per heavy atom. The topological polar surface area (TPSA) is 63.6 Å². The summed E-state index contributed by atoms with van der Waals surface area (Å²) in [7, 11) is 0. The second-order valence-electron chi connectivity index (χ2n) is 3.06. The predicted octanol–water partition coefficient (Wildman–Crippen LogP) is 1.58. The van der Waals surface area contributed by atoms with E-state index in [1.807, 2.05) is 6.92 Å². The average molecular weight is 188 g/mol. The van der Waals surface area contributed by atoms with Gasteiger partial charge in [-0.25, -0.2) is 0 Å². The third-order valence-electron chi connectivity index (χ3n) is 1.62. The van der Waals surface area contributed by atoms with E-state index in [1.165, 1.54) is 6.92 Å². The Hall–Kier alpha value is -1.06. The van der Waals surface area contributed by atoms with Crippen molar-refractivity contribution in [2.75, 3.05) is 0 Å². The first kappa shape index (κ1) is 11.9. The zero-order chi connectivity index (χ0) is 10.3. The summed E-state index contributed by atoms with van der Waals surface area (Å²) in [5.41, 5.74) is 0. The number of hydrogen-bond acceptors (Lipinski definition) is 3. The van der Waals surface area contributed by atoms with Crippen LogP contribution < -0.4 is 0 Å². The Morgan fingerprint density at radius 1 is 1.38 bits per heavy atom. The van der Waals surface area contributed by atoms with Crippen molar-refractivity contribution in [2.45, 2.75) is 45.6 Å². The molecule has 1 unspecified atom stereocenters. The van der Waals surface area contributed by atoms with Crippen LogP contribution in [0.15, 0.2) is 0 Å². The first-order chi connectivity index (χ1) is 6.02. The van der Waals surface area contributed by atoms with Gasteiger partial charge in [0, 0.05) is 13.3 Å². The molecule has 0 aromatic rings. The molecule has 0 saturated heterocycles. The summed E-state index contributed by atoms with van der Waals surface area (Å²) in [4.78, 5) is 20.6. The summed E-state index contributed by atoms with van der Waals surface area (Å²) < 4.78 is 4.87. The molecule has 0 fully saturated rings. The minimum absolute atomic E-state index is 0.105. The summed E-state index contributed by atoms with van der Waals surface area (Å²) in [5, 5.41) is 8.34. The van der Waals surface area contributed by atoms with Gasteiger partial charge in [0.05, 0.1) is 6.10 Å². The first-order valence-corrected chi connectivity index (χ1v) is 4.41. The highest BCUT2D eigenvalue weighted by Gasteiger charge is 2.05. The summed E-state index contributed by atoms with van der Waals surface area (Å²) >= 11 is 0. The van der Waals surface area contributed by atoms with Gasteiger partial charge in [-0.1, -0.05) is 0 Å². The second-order valence-corrected chi connectivity index (χ2v) is 3.06. The number of hydrogen-bond donors (Lipinski definition) is 1. The number of rotatable bonds is 6. The molecule has 0 aliphatic heterocycles. The van der Waals surface area contributed by atoms with Gasteiger partial charge in [0.2, 0.25) is 0 Å². The fraction of sp³-hybridized carbons (Fsp3) is 0.778. The monoisotopic (exact) mass is 188 g/mol. The molecule has 0 aliphatic rings. The average Bonchev–Trinajstić information content (AvgIpc) is 1.96. The highest BCUT2D eigenvalue weighted by Crippen LogP contribution is 2.06. The molecule has 0 amide bonds. The van der Waals surface area contributed by atoms with Crippen LogP contribution in [0.2, 0.25) is 0 Å². The number of aliphatic carboxylic acids is 1. The van der Waals surface area contributed by atoms with Gasteiger partial charge in [0.1, 0.15) is 0 Å². The summed E-state index contributed by atoms with van der Waals surface area (Å²) in [6, 6.07) is 0. The number of unbranched alkanes of at least 4 members (excludes halogenated alkanes) is 1. The maximum absolute atomic E-state index is 10.5. The molecule has 0 aromatic heterocycles. The smallest absolute Gasteiger partial charge is 0.303 e. The van der Waals surface area contributed by atoms with Crippen LogP contribution in [0.5, 0.6) is 0 Å². The second kappa shape index (κ2) is 6.46. The quantitative estimate of drug-likeness (QED) is 0.507. The Bertz CT molecular complexity index is 176. The predicted molar refractivity (Wildman–Crippen MR) is 47.3 cm³/mol. The summed E-state index contributed by atoms with van der Waals surface area (Å²) in [6.07, 6.45) is 2.23. The fourth-order valence-corrected chi connectivity index (χ4v) is 1.05. The van der Waals surface area contributed by atoms with Gasteiger partial charge in [-0.2, -0.15) is 0 Å². The van der Waals surface area contributed by atoms with Crippen LogP contribution in [0, 0.1) is 0 Å². The summed E-state index contributed by atoms with van der Waals surface area (Å²) in [5.74, 6) is -1.06. The largest absolute Gasteiger partial charge is 0.481 e. The lowest BCUT2D eigenvalue weighted by Gasteiger charge is -2.10. The van der Waals surface area contributed by atoms with Crippen molar-refractivity contribution in [1.82, 2.24) is 0 Å². The van der Waals surface area contributed by atoms with Crippen LogP contribution in [0.1, 0.15) is 39.5 Å². The zero-order valence-corrected chi connectivity index (χ0v) is 8.08. The van der Waals surface area contributed by atoms with Crippen molar-refractivity contribution in [2.24, 2.45) is 0 Å². The standard InChI is InChI=1S/C9H16O4/c1-7(13-8(2)10)5-3-4-6-9(11)12/h7H,3-6H2,1-2H3,(H,11,12). The van der Waals surface area contributed by atoms with E-state index < -0.39 is 5.97 Å². The maximum atomic E-state index is 10.5. The van der Waals surface area contributed by atoms with Crippen LogP contribution in [-0.2, 0) is 14.3 Å². The van der Waals surface area contributed by atoms with Crippen LogP contribution >= 0.6 is 0 Å². The number of ether oxygens (including phenoxy) is 1. The molecule has 0 aliphatic carbocycles. The lowest BCUT2D eigenvalue weighted by Crippen LogP contribution is -2.11. The third-order valence-corrected chi connectivity index (χ3v) is 1.62. The van der Waals surface area contributed by atoms with Crippen LogP contribution in [-0.4, -0.2) is 23.1 Å². The molecule has 0 heterocycles. The van der Waals surface area contributed by atoms with E-state index in [0.29, 0.717) is 6.42 Å². The molecule has 1 N–H and O–H groups in total. The zero-order valence-electron chi connectivity index (χ0n) is 8.08. The van der Waals surface area contributed by atoms with Crippen molar-refractivity contribution in [1.29, 1.82) is 0 Å². The maximum Gasteiger partial charge on any atom is 0.303 e. The molecular weight excluding hydrogens is 172 g/mol. The van der Waals surface area contributed by atoms with Gasteiger partial charge in [-0.15, -0.1) is 0 Å². The fourth-order valence-electron chi connectivity index (χ4n) is 1.05. The molecule has 0 radical (unpaired) electrons. The van der Waals surface area contributed by atoms with Gasteiger partial charge >= 0.3 is 11.9 Å². The Morgan fingerprint density at radius 2 is 2.00 bits per heavy atom. The Kier molecular flexibility index (Phi) is 5.93. The number of esters is 1. The molecule has 0 bridgehead atoms. The molecule has 0 spiro atoms. The number of carboxylic acids is 1. The molecule has 76 valence electrons. The molecule has 4 nitrogen and oxygen atoms in total. The first-order valence-electron chi connectivity index (χ1n) is 4.41. The van der Waals surface area contributed by atoms with E-state index in [2.05, 4.69) is 0 Å². The minimum Gasteiger partial charge on any atom is -0.481 e. The SMILES string of the molecule is CC(=O)OC(C)CCCCC(=O)O. The molecular formula is C9H16O4. The van der Waals surface area contributed by atoms with Crippen molar-refractivity contribution >= 4 is 11.9 Å². The number of carboxylic acid groups (broad SMARTS) is 1. The van der Waals surface area contributed by atoms with Crippen LogP contribution in [0.4, 0.5) is 0 Å². The van der Waals surface area contributed by atoms with Gasteiger partial charge in [-0.05, 0) is 26.2 Å². The number of carbonyl (C=O) groups excluding carboxylic acids is 1. The lowest BCUT2D eigenvalue weighted by molar-refractivity contribution is -0.146. The van der Waals surface area contributed by atoms with Crippen molar-refractivity contribution < 1.29 is 19.4 Å². The van der Waals surface area contributed by atoms with Gasteiger partial charge in [0.25, 0.3) is 0 Å². The van der Waals surface area contributed by atoms with E-state index in [4.69, 9.17) is 9.84 Å². The summed E-state index contributed by atoms with van der Waals surface area (Å²) in [6.45, 7) is 3.18. The van der Waals surface area contributed by atoms with E-state index in [1.54, 1.807) is 0 Å². The van der Waals surface area contributed by atoms with Crippen molar-refractivity contribution in [3.8, 4) is 0 Å². The molecule has 1 atom stereocenters. The highest BCUT2D eigenvalue weighted by molar-refractivity contribution is 5.66. The van der Waals surface area contributed by atoms with Gasteiger partial charge in [-0.3, -0.25) is 9.59 Å². The normalized spacial score (nSPS) is 12.2. The van der Waals surface area contributed by atoms with E-state index in [-0.39, 0.29) is 18.5 Å². The molecule has 0 saturated carbocycles. The third kappa shape index (κ3) is 8.85. The van der Waals surface area contributed by atoms with E-state index in [0.717, 1.165) is 12.8 Å². The molecule has 13 heavy (non-hydrogen) atoms. The Balaban J connectivity index is 3.31. The van der Waals surface area contributed by atoms with Crippen molar-refractivity contribution in [3.63, 3.8) is 0 Å². The van der Waals surface area contributed by atoms with Gasteiger partial charge in [0.15, 0.2) is 0 Å². The highest BCUT2D eigenvalue weighted by atomic mass is 16.5. The van der Waals surface area contributed by atoms with Crippen LogP contribution in [0.3, 0.4) is 0 Å². The molecule has 0 aromatic carbocycles. The van der Waals surface area contributed by atoms with Crippen molar-refractivity contribution in [3.05, 3.63) is 0 Å². The van der Waals surface area contributed by atoms with E-state index >= 15 is 0 Å². The minimum atomic E-state index is -0.778. The van der Waals surface area contributed by atoms with Gasteiger partial charge < -0.3 is 9.84 Å². The Labute approximate surface area is 77.9 Å². The van der Waals surface area contributed by atoms with Crippen LogP contribution in [0.25, 0.3) is 0 Å². The lowest BCUT2D eigenvalue weighted by atomic mass is 10.1. The number of carbonyl (C=O) groups is 2. The molecule has 4 heteroatoms. The molecule has 0 rings (SSSR count).